The minimum atomic E-state index is -0.349. The van der Waals surface area contributed by atoms with Gasteiger partial charge < -0.3 is 14.6 Å². The van der Waals surface area contributed by atoms with Crippen LogP contribution in [-0.4, -0.2) is 29.8 Å². The Bertz CT molecular complexity index is 379. The van der Waals surface area contributed by atoms with Crippen LogP contribution in [0.4, 0.5) is 0 Å². The molecule has 17 heavy (non-hydrogen) atoms. The molecule has 0 bridgehead atoms. The lowest BCUT2D eigenvalue weighted by molar-refractivity contribution is -0.00937. The summed E-state index contributed by atoms with van der Waals surface area (Å²) >= 11 is 0. The maximum absolute atomic E-state index is 5.72. The van der Waals surface area contributed by atoms with Crippen molar-refractivity contribution in [2.45, 2.75) is 44.1 Å². The summed E-state index contributed by atoms with van der Waals surface area (Å²) in [5, 5.41) is 7.48. The van der Waals surface area contributed by atoms with Gasteiger partial charge in [-0.1, -0.05) is 5.16 Å². The molecule has 1 atom stereocenters. The Hall–Kier alpha value is -0.940. The van der Waals surface area contributed by atoms with Crippen molar-refractivity contribution in [3.05, 3.63) is 11.7 Å². The molecule has 1 aromatic rings. The van der Waals surface area contributed by atoms with Crippen molar-refractivity contribution in [2.75, 3.05) is 19.7 Å². The van der Waals surface area contributed by atoms with Crippen molar-refractivity contribution >= 4 is 0 Å². The van der Waals surface area contributed by atoms with Gasteiger partial charge in [0.25, 0.3) is 5.89 Å². The van der Waals surface area contributed by atoms with E-state index in [1.807, 2.05) is 6.92 Å². The monoisotopic (exact) mass is 237 g/mol. The average Bonchev–Trinajstić information content (AvgIpc) is 2.99. The van der Waals surface area contributed by atoms with E-state index < -0.39 is 0 Å². The largest absolute Gasteiger partial charge is 0.365 e. The van der Waals surface area contributed by atoms with Gasteiger partial charge >= 0.3 is 0 Å². The molecule has 94 valence electrons. The van der Waals surface area contributed by atoms with Crippen LogP contribution in [0.25, 0.3) is 0 Å². The number of nitrogens with zero attached hydrogens (tertiary/aromatic N) is 2. The maximum Gasteiger partial charge on any atom is 0.258 e. The molecule has 3 rings (SSSR count). The summed E-state index contributed by atoms with van der Waals surface area (Å²) in [5.74, 6) is 1.96. The van der Waals surface area contributed by atoms with Gasteiger partial charge in [0, 0.05) is 12.5 Å². The van der Waals surface area contributed by atoms with E-state index in [-0.39, 0.29) is 5.60 Å². The summed E-state index contributed by atoms with van der Waals surface area (Å²) in [7, 11) is 0. The lowest BCUT2D eigenvalue weighted by Crippen LogP contribution is -2.27. The Morgan fingerprint density at radius 2 is 2.18 bits per heavy atom. The number of piperidine rings is 1. The normalized spacial score (nSPS) is 30.9. The third-order valence-electron chi connectivity index (χ3n) is 3.82. The van der Waals surface area contributed by atoms with Gasteiger partial charge in [0.15, 0.2) is 5.82 Å². The summed E-state index contributed by atoms with van der Waals surface area (Å²) in [4.78, 5) is 4.56. The fraction of sp³-hybridized carbons (Fsp3) is 0.833. The molecule has 5 nitrogen and oxygen atoms in total. The molecule has 5 heteroatoms. The lowest BCUT2D eigenvalue weighted by atomic mass is 9.97. The van der Waals surface area contributed by atoms with Gasteiger partial charge in [-0.3, -0.25) is 0 Å². The second kappa shape index (κ2) is 4.38. The molecule has 2 aliphatic heterocycles. The van der Waals surface area contributed by atoms with Gasteiger partial charge in [-0.2, -0.15) is 4.98 Å². The fourth-order valence-corrected chi connectivity index (χ4v) is 2.64. The second-order valence-electron chi connectivity index (χ2n) is 5.16. The molecule has 0 spiro atoms. The molecule has 1 N–H and O–H groups in total. The van der Waals surface area contributed by atoms with E-state index in [4.69, 9.17) is 9.26 Å². The quantitative estimate of drug-likeness (QED) is 0.846. The molecule has 0 aromatic carbocycles. The minimum Gasteiger partial charge on any atom is -0.365 e. The number of ether oxygens (including phenoxy) is 1. The van der Waals surface area contributed by atoms with Gasteiger partial charge in [-0.15, -0.1) is 0 Å². The van der Waals surface area contributed by atoms with Crippen LogP contribution in [0.3, 0.4) is 0 Å². The molecule has 1 unspecified atom stereocenters. The van der Waals surface area contributed by atoms with Crippen LogP contribution >= 0.6 is 0 Å². The molecule has 2 saturated heterocycles. The SMILES string of the molecule is CC1(c2nc(C3CCNCC3)no2)CCCO1. The number of hydrogen-bond acceptors (Lipinski definition) is 5. The molecule has 0 amide bonds. The highest BCUT2D eigenvalue weighted by Crippen LogP contribution is 2.35. The number of rotatable bonds is 2. The first-order chi connectivity index (χ1) is 8.28. The fourth-order valence-electron chi connectivity index (χ4n) is 2.64. The van der Waals surface area contributed by atoms with Gasteiger partial charge in [-0.05, 0) is 45.7 Å². The number of aromatic nitrogens is 2. The first kappa shape index (κ1) is 11.2. The highest BCUT2D eigenvalue weighted by molar-refractivity contribution is 5.04. The Morgan fingerprint density at radius 3 is 2.88 bits per heavy atom. The number of nitrogens with one attached hydrogen (secondary N) is 1. The Labute approximate surface area is 101 Å². The van der Waals surface area contributed by atoms with Crippen LogP contribution in [-0.2, 0) is 10.3 Å². The lowest BCUT2D eigenvalue weighted by Gasteiger charge is -2.19. The Kier molecular flexibility index (Phi) is 2.88. The smallest absolute Gasteiger partial charge is 0.258 e. The van der Waals surface area contributed by atoms with E-state index in [0.717, 1.165) is 51.2 Å². The molecular formula is C12H19N3O2. The summed E-state index contributed by atoms with van der Waals surface area (Å²) < 4.78 is 11.1. The second-order valence-corrected chi connectivity index (χ2v) is 5.16. The van der Waals surface area contributed by atoms with E-state index >= 15 is 0 Å². The Balaban J connectivity index is 1.77. The van der Waals surface area contributed by atoms with Crippen LogP contribution in [0, 0.1) is 0 Å². The zero-order chi connectivity index (χ0) is 11.7. The summed E-state index contributed by atoms with van der Waals surface area (Å²) in [6.07, 6.45) is 4.23. The van der Waals surface area contributed by atoms with Crippen molar-refractivity contribution in [3.63, 3.8) is 0 Å². The van der Waals surface area contributed by atoms with Crippen molar-refractivity contribution in [2.24, 2.45) is 0 Å². The van der Waals surface area contributed by atoms with Gasteiger partial charge in [0.2, 0.25) is 0 Å². The predicted octanol–water partition coefficient (Wildman–Crippen LogP) is 1.56. The van der Waals surface area contributed by atoms with Crippen LogP contribution in [0.1, 0.15) is 50.2 Å². The van der Waals surface area contributed by atoms with Crippen LogP contribution in [0.5, 0.6) is 0 Å². The van der Waals surface area contributed by atoms with Crippen molar-refractivity contribution in [1.82, 2.24) is 15.5 Å². The summed E-state index contributed by atoms with van der Waals surface area (Å²) in [6, 6.07) is 0. The van der Waals surface area contributed by atoms with Gasteiger partial charge in [0.05, 0.1) is 0 Å². The predicted molar refractivity (Wildman–Crippen MR) is 61.7 cm³/mol. The molecule has 2 fully saturated rings. The first-order valence-corrected chi connectivity index (χ1v) is 6.47. The number of hydrogen-bond donors (Lipinski definition) is 1. The minimum absolute atomic E-state index is 0.349. The molecule has 0 aliphatic carbocycles. The third-order valence-corrected chi connectivity index (χ3v) is 3.82. The molecular weight excluding hydrogens is 218 g/mol. The summed E-state index contributed by atoms with van der Waals surface area (Å²) in [5.41, 5.74) is -0.349. The zero-order valence-electron chi connectivity index (χ0n) is 10.2. The van der Waals surface area contributed by atoms with Gasteiger partial charge in [0.1, 0.15) is 5.60 Å². The first-order valence-electron chi connectivity index (χ1n) is 6.47. The highest BCUT2D eigenvalue weighted by Gasteiger charge is 2.38. The van der Waals surface area contributed by atoms with Crippen LogP contribution < -0.4 is 5.32 Å². The molecule has 1 aromatic heterocycles. The molecule has 3 heterocycles. The maximum atomic E-state index is 5.72. The molecule has 0 saturated carbocycles. The van der Waals surface area contributed by atoms with E-state index in [1.54, 1.807) is 0 Å². The summed E-state index contributed by atoms with van der Waals surface area (Å²) in [6.45, 7) is 4.92. The average molecular weight is 237 g/mol. The van der Waals surface area contributed by atoms with Crippen LogP contribution in [0.2, 0.25) is 0 Å². The standard InChI is InChI=1S/C12H19N3O2/c1-12(5-2-8-16-12)11-14-10(15-17-11)9-3-6-13-7-4-9/h9,13H,2-8H2,1H3. The highest BCUT2D eigenvalue weighted by atomic mass is 16.5. The van der Waals surface area contributed by atoms with E-state index in [1.165, 1.54) is 0 Å². The molecule has 2 aliphatic rings. The zero-order valence-corrected chi connectivity index (χ0v) is 10.2. The third kappa shape index (κ3) is 2.09. The van der Waals surface area contributed by atoms with E-state index in [2.05, 4.69) is 15.5 Å². The Morgan fingerprint density at radius 1 is 1.35 bits per heavy atom. The van der Waals surface area contributed by atoms with Crippen LogP contribution in [0.15, 0.2) is 4.52 Å². The van der Waals surface area contributed by atoms with Crippen molar-refractivity contribution in [1.29, 1.82) is 0 Å². The molecule has 0 radical (unpaired) electrons. The van der Waals surface area contributed by atoms with E-state index in [9.17, 15) is 0 Å². The van der Waals surface area contributed by atoms with Crippen molar-refractivity contribution in [3.8, 4) is 0 Å². The van der Waals surface area contributed by atoms with Gasteiger partial charge in [-0.25, -0.2) is 0 Å². The topological polar surface area (TPSA) is 60.2 Å². The van der Waals surface area contributed by atoms with E-state index in [0.29, 0.717) is 11.8 Å². The van der Waals surface area contributed by atoms with Crippen molar-refractivity contribution < 1.29 is 9.26 Å².